The van der Waals surface area contributed by atoms with E-state index in [1.807, 2.05) is 30.3 Å². The fraction of sp³-hybridized carbons (Fsp3) is 0.364. The molecule has 0 aromatic heterocycles. The highest BCUT2D eigenvalue weighted by Crippen LogP contribution is 2.14. The van der Waals surface area contributed by atoms with Crippen LogP contribution in [0.25, 0.3) is 0 Å². The van der Waals surface area contributed by atoms with Gasteiger partial charge in [0.1, 0.15) is 0 Å². The van der Waals surface area contributed by atoms with Crippen LogP contribution in [0.3, 0.4) is 0 Å². The van der Waals surface area contributed by atoms with Gasteiger partial charge in [-0.2, -0.15) is 0 Å². The molecule has 0 saturated heterocycles. The van der Waals surface area contributed by atoms with Crippen molar-refractivity contribution < 1.29 is 9.53 Å². The summed E-state index contributed by atoms with van der Waals surface area (Å²) in [6.07, 6.45) is 0.989. The van der Waals surface area contributed by atoms with E-state index in [1.54, 1.807) is 0 Å². The number of benzene rings is 1. The third kappa shape index (κ3) is 3.18. The first kappa shape index (κ1) is 10.7. The fourth-order valence-electron chi connectivity index (χ4n) is 1.24. The molecular formula is C11H15NO2. The van der Waals surface area contributed by atoms with Crippen molar-refractivity contribution in [1.29, 1.82) is 0 Å². The second-order valence-corrected chi connectivity index (χ2v) is 3.13. The summed E-state index contributed by atoms with van der Waals surface area (Å²) in [6.45, 7) is 0. The lowest BCUT2D eigenvalue weighted by atomic mass is 10.0. The second kappa shape index (κ2) is 5.40. The van der Waals surface area contributed by atoms with Gasteiger partial charge in [0.15, 0.2) is 0 Å². The van der Waals surface area contributed by atoms with Crippen LogP contribution in [0.4, 0.5) is 0 Å². The molecule has 0 fully saturated rings. The Hall–Kier alpha value is -1.35. The van der Waals surface area contributed by atoms with Gasteiger partial charge in [-0.25, -0.2) is 0 Å². The molecule has 1 atom stereocenters. The Labute approximate surface area is 83.9 Å². The molecule has 1 aromatic rings. The fourth-order valence-corrected chi connectivity index (χ4v) is 1.24. The lowest BCUT2D eigenvalue weighted by Gasteiger charge is -2.10. The molecule has 14 heavy (non-hydrogen) atoms. The molecule has 0 amide bonds. The molecule has 0 spiro atoms. The van der Waals surface area contributed by atoms with E-state index in [0.29, 0.717) is 12.8 Å². The number of ether oxygens (including phenoxy) is 1. The summed E-state index contributed by atoms with van der Waals surface area (Å²) >= 11 is 0. The largest absolute Gasteiger partial charge is 0.469 e. The predicted octanol–water partition coefficient (Wildman–Crippen LogP) is 1.64. The Morgan fingerprint density at radius 1 is 1.43 bits per heavy atom. The van der Waals surface area contributed by atoms with Crippen molar-refractivity contribution >= 4 is 5.97 Å². The van der Waals surface area contributed by atoms with Crippen molar-refractivity contribution in [2.24, 2.45) is 5.73 Å². The maximum absolute atomic E-state index is 10.9. The van der Waals surface area contributed by atoms with Crippen LogP contribution >= 0.6 is 0 Å². The minimum atomic E-state index is -0.212. The highest BCUT2D eigenvalue weighted by atomic mass is 16.5. The molecule has 0 radical (unpaired) electrons. The topological polar surface area (TPSA) is 52.3 Å². The summed E-state index contributed by atoms with van der Waals surface area (Å²) in [5.41, 5.74) is 6.94. The number of esters is 1. The molecule has 1 rings (SSSR count). The van der Waals surface area contributed by atoms with Gasteiger partial charge in [0, 0.05) is 12.5 Å². The van der Waals surface area contributed by atoms with Crippen molar-refractivity contribution in [3.05, 3.63) is 35.9 Å². The number of hydrogen-bond acceptors (Lipinski definition) is 3. The van der Waals surface area contributed by atoms with Gasteiger partial charge in [0.05, 0.1) is 7.11 Å². The smallest absolute Gasteiger partial charge is 0.305 e. The van der Waals surface area contributed by atoms with E-state index in [2.05, 4.69) is 4.74 Å². The van der Waals surface area contributed by atoms with Gasteiger partial charge >= 0.3 is 5.97 Å². The second-order valence-electron chi connectivity index (χ2n) is 3.13. The molecule has 0 bridgehead atoms. The molecule has 3 heteroatoms. The average molecular weight is 193 g/mol. The van der Waals surface area contributed by atoms with Gasteiger partial charge < -0.3 is 10.5 Å². The highest BCUT2D eigenvalue weighted by molar-refractivity contribution is 5.69. The number of carbonyl (C=O) groups excluding carboxylic acids is 1. The summed E-state index contributed by atoms with van der Waals surface area (Å²) in [4.78, 5) is 10.9. The minimum absolute atomic E-state index is 0.0877. The molecule has 0 saturated carbocycles. The van der Waals surface area contributed by atoms with Crippen molar-refractivity contribution in [3.63, 3.8) is 0 Å². The van der Waals surface area contributed by atoms with Crippen LogP contribution in [0.15, 0.2) is 30.3 Å². The van der Waals surface area contributed by atoms with Crippen LogP contribution in [0.5, 0.6) is 0 Å². The molecule has 0 heterocycles. The number of rotatable bonds is 4. The monoisotopic (exact) mass is 193 g/mol. The van der Waals surface area contributed by atoms with Gasteiger partial charge in [-0.15, -0.1) is 0 Å². The Morgan fingerprint density at radius 2 is 2.07 bits per heavy atom. The normalized spacial score (nSPS) is 12.1. The summed E-state index contributed by atoms with van der Waals surface area (Å²) in [5, 5.41) is 0. The molecule has 76 valence electrons. The number of carbonyl (C=O) groups is 1. The summed E-state index contributed by atoms with van der Waals surface area (Å²) in [6, 6.07) is 9.65. The number of methoxy groups -OCH3 is 1. The van der Waals surface area contributed by atoms with Gasteiger partial charge in [-0.1, -0.05) is 30.3 Å². The van der Waals surface area contributed by atoms with Gasteiger partial charge in [0.25, 0.3) is 0 Å². The number of nitrogens with two attached hydrogens (primary N) is 1. The lowest BCUT2D eigenvalue weighted by molar-refractivity contribution is -0.140. The van der Waals surface area contributed by atoms with E-state index in [4.69, 9.17) is 5.73 Å². The minimum Gasteiger partial charge on any atom is -0.469 e. The Kier molecular flexibility index (Phi) is 4.13. The van der Waals surface area contributed by atoms with E-state index in [1.165, 1.54) is 7.11 Å². The van der Waals surface area contributed by atoms with Crippen LogP contribution in [0, 0.1) is 0 Å². The van der Waals surface area contributed by atoms with Crippen LogP contribution in [0.2, 0.25) is 0 Å². The zero-order valence-electron chi connectivity index (χ0n) is 8.27. The third-order valence-electron chi connectivity index (χ3n) is 2.11. The first-order chi connectivity index (χ1) is 6.74. The average Bonchev–Trinajstić information content (AvgIpc) is 2.26. The first-order valence-electron chi connectivity index (χ1n) is 4.61. The molecule has 0 aliphatic carbocycles. The molecule has 1 aromatic carbocycles. The zero-order chi connectivity index (χ0) is 10.4. The van der Waals surface area contributed by atoms with Crippen molar-refractivity contribution in [2.75, 3.05) is 7.11 Å². The highest BCUT2D eigenvalue weighted by Gasteiger charge is 2.08. The van der Waals surface area contributed by atoms with Crippen LogP contribution in [-0.2, 0) is 9.53 Å². The van der Waals surface area contributed by atoms with Crippen molar-refractivity contribution in [1.82, 2.24) is 0 Å². The standard InChI is InChI=1S/C11H15NO2/c1-14-11(13)8-7-10(12)9-5-3-2-4-6-9/h2-6,10H,7-8,12H2,1H3/t10-/m0/s1. The maximum atomic E-state index is 10.9. The van der Waals surface area contributed by atoms with Gasteiger partial charge in [0.2, 0.25) is 0 Å². The van der Waals surface area contributed by atoms with E-state index >= 15 is 0 Å². The van der Waals surface area contributed by atoms with E-state index < -0.39 is 0 Å². The Morgan fingerprint density at radius 3 is 2.64 bits per heavy atom. The van der Waals surface area contributed by atoms with E-state index in [-0.39, 0.29) is 12.0 Å². The third-order valence-corrected chi connectivity index (χ3v) is 2.11. The Balaban J connectivity index is 2.43. The van der Waals surface area contributed by atoms with E-state index in [9.17, 15) is 4.79 Å². The summed E-state index contributed by atoms with van der Waals surface area (Å²) in [5.74, 6) is -0.212. The Bertz CT molecular complexity index is 285. The van der Waals surface area contributed by atoms with Crippen molar-refractivity contribution in [3.8, 4) is 0 Å². The predicted molar refractivity (Wildman–Crippen MR) is 54.6 cm³/mol. The lowest BCUT2D eigenvalue weighted by Crippen LogP contribution is -2.12. The van der Waals surface area contributed by atoms with E-state index in [0.717, 1.165) is 5.56 Å². The molecule has 0 unspecified atom stereocenters. The van der Waals surface area contributed by atoms with Crippen LogP contribution in [0.1, 0.15) is 24.4 Å². The first-order valence-corrected chi connectivity index (χ1v) is 4.61. The van der Waals surface area contributed by atoms with Crippen LogP contribution < -0.4 is 5.73 Å². The SMILES string of the molecule is COC(=O)CC[C@H](N)c1ccccc1. The summed E-state index contributed by atoms with van der Waals surface area (Å²) in [7, 11) is 1.39. The molecule has 0 aliphatic heterocycles. The molecular weight excluding hydrogens is 178 g/mol. The number of hydrogen-bond donors (Lipinski definition) is 1. The van der Waals surface area contributed by atoms with Gasteiger partial charge in [-0.05, 0) is 12.0 Å². The molecule has 2 N–H and O–H groups in total. The summed E-state index contributed by atoms with van der Waals surface area (Å²) < 4.78 is 4.54. The molecule has 0 aliphatic rings. The maximum Gasteiger partial charge on any atom is 0.305 e. The zero-order valence-corrected chi connectivity index (χ0v) is 8.27. The van der Waals surface area contributed by atoms with Crippen molar-refractivity contribution in [2.45, 2.75) is 18.9 Å². The van der Waals surface area contributed by atoms with Crippen LogP contribution in [-0.4, -0.2) is 13.1 Å². The van der Waals surface area contributed by atoms with Gasteiger partial charge in [-0.3, -0.25) is 4.79 Å². The molecule has 3 nitrogen and oxygen atoms in total. The quantitative estimate of drug-likeness (QED) is 0.739.